The van der Waals surface area contributed by atoms with Crippen LogP contribution in [0, 0.1) is 18.3 Å². The summed E-state index contributed by atoms with van der Waals surface area (Å²) in [4.78, 5) is 16.9. The van der Waals surface area contributed by atoms with E-state index in [0.29, 0.717) is 28.3 Å². The molecular formula is C16H12N4O. The molecule has 0 bridgehead atoms. The van der Waals surface area contributed by atoms with Crippen LogP contribution >= 0.6 is 0 Å². The van der Waals surface area contributed by atoms with Crippen LogP contribution in [-0.4, -0.2) is 15.3 Å². The van der Waals surface area contributed by atoms with Crippen molar-refractivity contribution in [3.05, 3.63) is 65.6 Å². The summed E-state index contributed by atoms with van der Waals surface area (Å²) < 4.78 is 1.74. The third-order valence-corrected chi connectivity index (χ3v) is 3.22. The smallest absolute Gasteiger partial charge is 0.274 e. The monoisotopic (exact) mass is 276 g/mol. The molecule has 0 atom stereocenters. The first-order chi connectivity index (χ1) is 10.2. The Bertz CT molecular complexity index is 873. The molecule has 2 heterocycles. The summed E-state index contributed by atoms with van der Waals surface area (Å²) in [6.45, 7) is 1.79. The molecule has 0 aliphatic heterocycles. The molecule has 0 aliphatic carbocycles. The van der Waals surface area contributed by atoms with Crippen molar-refractivity contribution in [3.8, 4) is 6.07 Å². The molecular weight excluding hydrogens is 264 g/mol. The number of imidazole rings is 1. The van der Waals surface area contributed by atoms with Gasteiger partial charge in [-0.25, -0.2) is 4.98 Å². The van der Waals surface area contributed by atoms with Crippen LogP contribution in [0.15, 0.2) is 48.7 Å². The Hall–Kier alpha value is -3.13. The standard InChI is InChI=1S/C16H12N4O/c1-11-15(20-9-5-4-8-14(20)18-11)16(21)19-13-7-3-2-6-12(13)10-17/h2-9H,1H3,(H,19,21). The minimum Gasteiger partial charge on any atom is -0.319 e. The number of fused-ring (bicyclic) bond motifs is 1. The number of aryl methyl sites for hydroxylation is 1. The molecule has 3 aromatic rings. The molecule has 0 spiro atoms. The van der Waals surface area contributed by atoms with E-state index in [4.69, 9.17) is 5.26 Å². The van der Waals surface area contributed by atoms with Crippen molar-refractivity contribution >= 4 is 17.2 Å². The maximum atomic E-state index is 12.5. The number of amides is 1. The Morgan fingerprint density at radius 3 is 2.81 bits per heavy atom. The first kappa shape index (κ1) is 12.9. The SMILES string of the molecule is Cc1nc2ccccn2c1C(=O)Nc1ccccc1C#N. The molecule has 2 aromatic heterocycles. The molecule has 0 radical (unpaired) electrons. The predicted molar refractivity (Wildman–Crippen MR) is 79.0 cm³/mol. The van der Waals surface area contributed by atoms with Crippen LogP contribution in [0.5, 0.6) is 0 Å². The molecule has 0 unspecified atom stereocenters. The van der Waals surface area contributed by atoms with Crippen LogP contribution in [0.25, 0.3) is 5.65 Å². The highest BCUT2D eigenvalue weighted by Gasteiger charge is 2.17. The molecule has 1 aromatic carbocycles. The van der Waals surface area contributed by atoms with Crippen molar-refractivity contribution < 1.29 is 4.79 Å². The zero-order valence-electron chi connectivity index (χ0n) is 11.4. The molecule has 5 heteroatoms. The molecule has 1 N–H and O–H groups in total. The van der Waals surface area contributed by atoms with Gasteiger partial charge in [-0.2, -0.15) is 5.26 Å². The van der Waals surface area contributed by atoms with Crippen molar-refractivity contribution in [2.75, 3.05) is 5.32 Å². The van der Waals surface area contributed by atoms with Crippen LogP contribution in [-0.2, 0) is 0 Å². The summed E-state index contributed by atoms with van der Waals surface area (Å²) in [5.41, 5.74) is 2.76. The number of hydrogen-bond acceptors (Lipinski definition) is 3. The lowest BCUT2D eigenvalue weighted by Gasteiger charge is -2.07. The summed E-state index contributed by atoms with van der Waals surface area (Å²) in [5.74, 6) is -0.283. The van der Waals surface area contributed by atoms with Crippen molar-refractivity contribution in [2.45, 2.75) is 6.92 Å². The van der Waals surface area contributed by atoms with E-state index < -0.39 is 0 Å². The van der Waals surface area contributed by atoms with E-state index in [1.165, 1.54) is 0 Å². The van der Waals surface area contributed by atoms with Gasteiger partial charge in [0.05, 0.1) is 16.9 Å². The number of nitrogens with one attached hydrogen (secondary N) is 1. The largest absolute Gasteiger partial charge is 0.319 e. The maximum Gasteiger partial charge on any atom is 0.274 e. The van der Waals surface area contributed by atoms with E-state index in [0.717, 1.165) is 0 Å². The number of para-hydroxylation sites is 1. The van der Waals surface area contributed by atoms with E-state index in [1.54, 1.807) is 41.8 Å². The molecule has 21 heavy (non-hydrogen) atoms. The minimum atomic E-state index is -0.283. The van der Waals surface area contributed by atoms with Gasteiger partial charge in [-0.1, -0.05) is 18.2 Å². The molecule has 0 aliphatic rings. The second-order valence-electron chi connectivity index (χ2n) is 4.59. The van der Waals surface area contributed by atoms with Crippen LogP contribution < -0.4 is 5.32 Å². The normalized spacial score (nSPS) is 10.3. The average molecular weight is 276 g/mol. The molecule has 1 amide bonds. The highest BCUT2D eigenvalue weighted by Crippen LogP contribution is 2.17. The highest BCUT2D eigenvalue weighted by molar-refractivity contribution is 6.05. The zero-order valence-corrected chi connectivity index (χ0v) is 11.4. The second-order valence-corrected chi connectivity index (χ2v) is 4.59. The number of benzene rings is 1. The van der Waals surface area contributed by atoms with E-state index in [-0.39, 0.29) is 5.91 Å². The lowest BCUT2D eigenvalue weighted by Crippen LogP contribution is -2.16. The summed E-state index contributed by atoms with van der Waals surface area (Å²) in [6, 6.07) is 14.5. The molecule has 0 saturated carbocycles. The van der Waals surface area contributed by atoms with Crippen molar-refractivity contribution in [1.29, 1.82) is 5.26 Å². The van der Waals surface area contributed by atoms with Crippen LogP contribution in [0.1, 0.15) is 21.7 Å². The van der Waals surface area contributed by atoms with Gasteiger partial charge in [-0.3, -0.25) is 9.20 Å². The number of carbonyl (C=O) groups excluding carboxylic acids is 1. The molecule has 0 fully saturated rings. The zero-order chi connectivity index (χ0) is 14.8. The van der Waals surface area contributed by atoms with E-state index >= 15 is 0 Å². The number of hydrogen-bond donors (Lipinski definition) is 1. The Balaban J connectivity index is 2.02. The maximum absolute atomic E-state index is 12.5. The second kappa shape index (κ2) is 5.10. The van der Waals surface area contributed by atoms with Crippen molar-refractivity contribution in [2.24, 2.45) is 0 Å². The Kier molecular flexibility index (Phi) is 3.13. The molecule has 0 saturated heterocycles. The number of anilines is 1. The fraction of sp³-hybridized carbons (Fsp3) is 0.0625. The number of aromatic nitrogens is 2. The van der Waals surface area contributed by atoms with Gasteiger partial charge in [-0.15, -0.1) is 0 Å². The first-order valence-corrected chi connectivity index (χ1v) is 6.45. The van der Waals surface area contributed by atoms with Crippen LogP contribution in [0.2, 0.25) is 0 Å². The van der Waals surface area contributed by atoms with Gasteiger partial charge in [0.25, 0.3) is 5.91 Å². The summed E-state index contributed by atoms with van der Waals surface area (Å²) in [7, 11) is 0. The number of rotatable bonds is 2. The molecule has 3 rings (SSSR count). The molecule has 102 valence electrons. The lowest BCUT2D eigenvalue weighted by molar-refractivity contribution is 0.102. The topological polar surface area (TPSA) is 70.2 Å². The Morgan fingerprint density at radius 2 is 2.00 bits per heavy atom. The third kappa shape index (κ3) is 2.23. The van der Waals surface area contributed by atoms with Gasteiger partial charge >= 0.3 is 0 Å². The fourth-order valence-electron chi connectivity index (χ4n) is 2.26. The number of pyridine rings is 1. The average Bonchev–Trinajstić information content (AvgIpc) is 2.83. The number of nitriles is 1. The van der Waals surface area contributed by atoms with E-state index in [9.17, 15) is 4.79 Å². The number of carbonyl (C=O) groups is 1. The minimum absolute atomic E-state index is 0.283. The van der Waals surface area contributed by atoms with Gasteiger partial charge in [0, 0.05) is 6.20 Å². The quantitative estimate of drug-likeness (QED) is 0.782. The van der Waals surface area contributed by atoms with Gasteiger partial charge in [0.2, 0.25) is 0 Å². The van der Waals surface area contributed by atoms with Gasteiger partial charge in [0.15, 0.2) is 0 Å². The fourth-order valence-corrected chi connectivity index (χ4v) is 2.26. The van der Waals surface area contributed by atoms with E-state index in [2.05, 4.69) is 16.4 Å². The summed E-state index contributed by atoms with van der Waals surface area (Å²) in [5, 5.41) is 11.8. The van der Waals surface area contributed by atoms with Gasteiger partial charge in [-0.05, 0) is 31.2 Å². The first-order valence-electron chi connectivity index (χ1n) is 6.45. The van der Waals surface area contributed by atoms with E-state index in [1.807, 2.05) is 18.2 Å². The van der Waals surface area contributed by atoms with Crippen molar-refractivity contribution in [3.63, 3.8) is 0 Å². The summed E-state index contributed by atoms with van der Waals surface area (Å²) >= 11 is 0. The van der Waals surface area contributed by atoms with Crippen molar-refractivity contribution in [1.82, 2.24) is 9.38 Å². The highest BCUT2D eigenvalue weighted by atomic mass is 16.2. The lowest BCUT2D eigenvalue weighted by atomic mass is 10.2. The number of nitrogens with zero attached hydrogens (tertiary/aromatic N) is 3. The van der Waals surface area contributed by atoms with Gasteiger partial charge in [0.1, 0.15) is 17.4 Å². The summed E-state index contributed by atoms with van der Waals surface area (Å²) in [6.07, 6.45) is 1.79. The Morgan fingerprint density at radius 1 is 1.24 bits per heavy atom. The van der Waals surface area contributed by atoms with Gasteiger partial charge < -0.3 is 5.32 Å². The predicted octanol–water partition coefficient (Wildman–Crippen LogP) is 2.77. The van der Waals surface area contributed by atoms with Crippen LogP contribution in [0.3, 0.4) is 0 Å². The van der Waals surface area contributed by atoms with Crippen LogP contribution in [0.4, 0.5) is 5.69 Å². The Labute approximate surface area is 121 Å². The molecule has 5 nitrogen and oxygen atoms in total. The third-order valence-electron chi connectivity index (χ3n) is 3.22.